The van der Waals surface area contributed by atoms with Gasteiger partial charge in [0.1, 0.15) is 12.4 Å². The Bertz CT molecular complexity index is 514. The van der Waals surface area contributed by atoms with E-state index in [2.05, 4.69) is 6.58 Å². The maximum Gasteiger partial charge on any atom is 0.217 e. The monoisotopic (exact) mass is 300 g/mol. The van der Waals surface area contributed by atoms with Gasteiger partial charge >= 0.3 is 0 Å². The van der Waals surface area contributed by atoms with Crippen LogP contribution in [0.15, 0.2) is 36.9 Å². The Labute approximate surface area is 119 Å². The van der Waals surface area contributed by atoms with Crippen molar-refractivity contribution < 1.29 is 18.3 Å². The van der Waals surface area contributed by atoms with Crippen molar-refractivity contribution in [3.63, 3.8) is 0 Å². The molecule has 0 unspecified atom stereocenters. The van der Waals surface area contributed by atoms with E-state index in [1.165, 1.54) is 10.4 Å². The summed E-state index contributed by atoms with van der Waals surface area (Å²) >= 11 is 0. The molecule has 20 heavy (non-hydrogen) atoms. The third kappa shape index (κ3) is 5.20. The van der Waals surface area contributed by atoms with Crippen LogP contribution in [-0.4, -0.2) is 49.9 Å². The van der Waals surface area contributed by atoms with Gasteiger partial charge in [0.15, 0.2) is 0 Å². The Kier molecular flexibility index (Phi) is 6.50. The first-order valence-electron chi connectivity index (χ1n) is 6.17. The topological polar surface area (TPSA) is 92.9 Å². The number of hydrogen-bond donors (Lipinski definition) is 2. The Morgan fingerprint density at radius 3 is 2.55 bits per heavy atom. The van der Waals surface area contributed by atoms with Gasteiger partial charge in [0.2, 0.25) is 10.0 Å². The lowest BCUT2D eigenvalue weighted by Gasteiger charge is -2.19. The van der Waals surface area contributed by atoms with Crippen molar-refractivity contribution in [1.29, 1.82) is 0 Å². The fourth-order valence-corrected chi connectivity index (χ4v) is 2.80. The minimum Gasteiger partial charge on any atom is -0.492 e. The molecule has 6 nitrogen and oxygen atoms in total. The summed E-state index contributed by atoms with van der Waals surface area (Å²) in [4.78, 5) is 0. The van der Waals surface area contributed by atoms with Crippen molar-refractivity contribution in [2.24, 2.45) is 0 Å². The molecule has 0 aromatic heterocycles. The van der Waals surface area contributed by atoms with Crippen LogP contribution in [0.1, 0.15) is 0 Å². The second kappa shape index (κ2) is 7.88. The third-order valence-corrected chi connectivity index (χ3v) is 4.37. The van der Waals surface area contributed by atoms with Gasteiger partial charge in [-0.2, -0.15) is 4.31 Å². The predicted octanol–water partition coefficient (Wildman–Crippen LogP) is 0.458. The van der Waals surface area contributed by atoms with E-state index in [9.17, 15) is 8.42 Å². The summed E-state index contributed by atoms with van der Waals surface area (Å²) in [6, 6.07) is 6.72. The van der Waals surface area contributed by atoms with Crippen molar-refractivity contribution in [2.45, 2.75) is 0 Å². The van der Waals surface area contributed by atoms with Crippen LogP contribution in [0.25, 0.3) is 0 Å². The molecule has 112 valence electrons. The number of aliphatic hydroxyl groups excluding tert-OH is 1. The van der Waals surface area contributed by atoms with Crippen LogP contribution in [0.3, 0.4) is 0 Å². The highest BCUT2D eigenvalue weighted by Gasteiger charge is 2.20. The lowest BCUT2D eigenvalue weighted by atomic mass is 10.3. The van der Waals surface area contributed by atoms with Crippen LogP contribution in [-0.2, 0) is 10.0 Å². The molecule has 1 aromatic rings. The first-order valence-corrected chi connectivity index (χ1v) is 7.78. The van der Waals surface area contributed by atoms with Gasteiger partial charge in [-0.25, -0.2) is 8.42 Å². The zero-order valence-corrected chi connectivity index (χ0v) is 12.1. The summed E-state index contributed by atoms with van der Waals surface area (Å²) in [7, 11) is -3.47. The molecule has 3 N–H and O–H groups in total. The van der Waals surface area contributed by atoms with Crippen LogP contribution in [0.4, 0.5) is 5.69 Å². The summed E-state index contributed by atoms with van der Waals surface area (Å²) in [5.74, 6) is 0.400. The number of aliphatic hydroxyl groups is 1. The van der Waals surface area contributed by atoms with Gasteiger partial charge in [-0.05, 0) is 24.3 Å². The number of benzene rings is 1. The third-order valence-electron chi connectivity index (χ3n) is 2.57. The fourth-order valence-electron chi connectivity index (χ4n) is 1.56. The van der Waals surface area contributed by atoms with E-state index < -0.39 is 10.0 Å². The summed E-state index contributed by atoms with van der Waals surface area (Å²) in [6.07, 6.45) is 1.48. The van der Waals surface area contributed by atoms with Crippen LogP contribution in [0.5, 0.6) is 5.75 Å². The number of hydrogen-bond acceptors (Lipinski definition) is 5. The van der Waals surface area contributed by atoms with Crippen molar-refractivity contribution in [3.8, 4) is 5.75 Å². The summed E-state index contributed by atoms with van der Waals surface area (Å²) in [5.41, 5.74) is 6.16. The molecule has 0 spiro atoms. The number of sulfonamides is 1. The minimum absolute atomic E-state index is 0.0331. The van der Waals surface area contributed by atoms with Crippen LogP contribution in [0.2, 0.25) is 0 Å². The number of anilines is 1. The first kappa shape index (κ1) is 16.5. The molecule has 0 heterocycles. The Morgan fingerprint density at radius 2 is 2.00 bits per heavy atom. The average Bonchev–Trinajstić information content (AvgIpc) is 2.41. The van der Waals surface area contributed by atoms with E-state index in [0.717, 1.165) is 0 Å². The second-order valence-electron chi connectivity index (χ2n) is 4.10. The molecule has 1 rings (SSSR count). The average molecular weight is 300 g/mol. The maximum absolute atomic E-state index is 12.0. The maximum atomic E-state index is 12.0. The van der Waals surface area contributed by atoms with Crippen molar-refractivity contribution in [2.75, 3.05) is 37.8 Å². The fraction of sp³-hybridized carbons (Fsp3) is 0.385. The molecule has 0 aliphatic heterocycles. The van der Waals surface area contributed by atoms with Crippen LogP contribution in [0, 0.1) is 0 Å². The van der Waals surface area contributed by atoms with Crippen molar-refractivity contribution in [3.05, 3.63) is 36.9 Å². The smallest absolute Gasteiger partial charge is 0.217 e. The second-order valence-corrected chi connectivity index (χ2v) is 6.19. The van der Waals surface area contributed by atoms with E-state index in [0.29, 0.717) is 11.4 Å². The van der Waals surface area contributed by atoms with E-state index in [-0.39, 0.29) is 32.1 Å². The van der Waals surface area contributed by atoms with Gasteiger partial charge < -0.3 is 15.6 Å². The van der Waals surface area contributed by atoms with Gasteiger partial charge in [0.25, 0.3) is 0 Å². The van der Waals surface area contributed by atoms with Gasteiger partial charge in [0, 0.05) is 18.8 Å². The van der Waals surface area contributed by atoms with Gasteiger partial charge in [0.05, 0.1) is 12.4 Å². The molecule has 0 amide bonds. The highest BCUT2D eigenvalue weighted by molar-refractivity contribution is 7.89. The zero-order valence-electron chi connectivity index (χ0n) is 11.2. The lowest BCUT2D eigenvalue weighted by Crippen LogP contribution is -2.36. The summed E-state index contributed by atoms with van der Waals surface area (Å²) in [6.45, 7) is 3.53. The van der Waals surface area contributed by atoms with E-state index in [1.54, 1.807) is 24.3 Å². The SMILES string of the molecule is C=CCN(CCO)S(=O)(=O)CCOc1ccc(N)cc1. The van der Waals surface area contributed by atoms with E-state index in [4.69, 9.17) is 15.6 Å². The van der Waals surface area contributed by atoms with E-state index >= 15 is 0 Å². The minimum atomic E-state index is -3.47. The van der Waals surface area contributed by atoms with Crippen LogP contribution < -0.4 is 10.5 Å². The predicted molar refractivity (Wildman–Crippen MR) is 79.0 cm³/mol. The normalized spacial score (nSPS) is 11.5. The number of rotatable bonds is 9. The molecule has 7 heteroatoms. The Balaban J connectivity index is 2.53. The summed E-state index contributed by atoms with van der Waals surface area (Å²) in [5, 5.41) is 8.87. The van der Waals surface area contributed by atoms with Crippen LogP contribution >= 0.6 is 0 Å². The molecule has 0 saturated heterocycles. The molecular formula is C13H20N2O4S. The van der Waals surface area contributed by atoms with Gasteiger partial charge in [-0.1, -0.05) is 6.08 Å². The lowest BCUT2D eigenvalue weighted by molar-refractivity contribution is 0.259. The number of nitrogen functional groups attached to an aromatic ring is 1. The number of ether oxygens (including phenoxy) is 1. The Morgan fingerprint density at radius 1 is 1.35 bits per heavy atom. The molecule has 0 radical (unpaired) electrons. The summed E-state index contributed by atoms with van der Waals surface area (Å²) < 4.78 is 30.6. The Hall–Kier alpha value is -1.57. The highest BCUT2D eigenvalue weighted by atomic mass is 32.2. The first-order chi connectivity index (χ1) is 9.49. The quantitative estimate of drug-likeness (QED) is 0.510. The molecule has 0 fully saturated rings. The molecular weight excluding hydrogens is 280 g/mol. The van der Waals surface area contributed by atoms with Gasteiger partial charge in [-0.15, -0.1) is 6.58 Å². The van der Waals surface area contributed by atoms with E-state index in [1.807, 2.05) is 0 Å². The highest BCUT2D eigenvalue weighted by Crippen LogP contribution is 2.13. The van der Waals surface area contributed by atoms with Crippen molar-refractivity contribution in [1.82, 2.24) is 4.31 Å². The molecule has 0 bridgehead atoms. The largest absolute Gasteiger partial charge is 0.492 e. The zero-order chi connectivity index (χ0) is 15.0. The molecule has 0 atom stereocenters. The number of nitrogens with two attached hydrogens (primary N) is 1. The standard InChI is InChI=1S/C13H20N2O4S/c1-2-7-15(8-9-16)20(17,18)11-10-19-13-5-3-12(14)4-6-13/h2-6,16H,1,7-11,14H2. The molecule has 0 aliphatic carbocycles. The molecule has 1 aromatic carbocycles. The number of nitrogens with zero attached hydrogens (tertiary/aromatic N) is 1. The molecule has 0 saturated carbocycles. The van der Waals surface area contributed by atoms with Gasteiger partial charge in [-0.3, -0.25) is 0 Å². The molecule has 0 aliphatic rings. The van der Waals surface area contributed by atoms with Crippen molar-refractivity contribution >= 4 is 15.7 Å².